The average Bonchev–Trinajstić information content (AvgIpc) is 3.18. The Hall–Kier alpha value is -3.03. The van der Waals surface area contributed by atoms with Crippen molar-refractivity contribution >= 4 is 0 Å². The van der Waals surface area contributed by atoms with Gasteiger partial charge in [0.05, 0.1) is 5.56 Å². The van der Waals surface area contributed by atoms with Crippen molar-refractivity contribution in [3.63, 3.8) is 0 Å². The SMILES string of the molecule is Cc1cc(-c2noc(=O)[nH]2)cc([C@@H]2Cc3cc(C(F)(F)F)ccc3O2)c1. The highest BCUT2D eigenvalue weighted by Gasteiger charge is 2.33. The average molecular weight is 362 g/mol. The summed E-state index contributed by atoms with van der Waals surface area (Å²) < 4.78 is 49.0. The highest BCUT2D eigenvalue weighted by Crippen LogP contribution is 2.40. The Morgan fingerprint density at radius 3 is 2.69 bits per heavy atom. The lowest BCUT2D eigenvalue weighted by Crippen LogP contribution is -2.05. The van der Waals surface area contributed by atoms with E-state index in [1.165, 1.54) is 6.07 Å². The number of alkyl halides is 3. The fourth-order valence-corrected chi connectivity index (χ4v) is 3.10. The van der Waals surface area contributed by atoms with E-state index in [0.29, 0.717) is 23.3 Å². The van der Waals surface area contributed by atoms with E-state index in [2.05, 4.69) is 14.7 Å². The van der Waals surface area contributed by atoms with Gasteiger partial charge in [0.25, 0.3) is 0 Å². The first-order valence-corrected chi connectivity index (χ1v) is 7.84. The van der Waals surface area contributed by atoms with Crippen molar-refractivity contribution in [1.82, 2.24) is 10.1 Å². The molecule has 2 heterocycles. The molecule has 0 spiro atoms. The van der Waals surface area contributed by atoms with Crippen molar-refractivity contribution in [3.8, 4) is 17.1 Å². The van der Waals surface area contributed by atoms with E-state index in [9.17, 15) is 18.0 Å². The molecule has 0 saturated carbocycles. The lowest BCUT2D eigenvalue weighted by Gasteiger charge is -2.13. The normalized spacial score (nSPS) is 16.4. The molecule has 0 fully saturated rings. The van der Waals surface area contributed by atoms with Gasteiger partial charge in [0.15, 0.2) is 5.82 Å². The summed E-state index contributed by atoms with van der Waals surface area (Å²) in [6.07, 6.45) is -4.47. The first kappa shape index (κ1) is 16.4. The summed E-state index contributed by atoms with van der Waals surface area (Å²) in [5.41, 5.74) is 2.15. The predicted octanol–water partition coefficient (Wildman–Crippen LogP) is 4.03. The lowest BCUT2D eigenvalue weighted by molar-refractivity contribution is -0.137. The van der Waals surface area contributed by atoms with Crippen molar-refractivity contribution in [1.29, 1.82) is 0 Å². The van der Waals surface area contributed by atoms with E-state index in [1.807, 2.05) is 19.1 Å². The molecule has 26 heavy (non-hydrogen) atoms. The molecule has 134 valence electrons. The zero-order valence-electron chi connectivity index (χ0n) is 13.6. The van der Waals surface area contributed by atoms with E-state index >= 15 is 0 Å². The zero-order valence-corrected chi connectivity index (χ0v) is 13.6. The Labute approximate surface area is 145 Å². The van der Waals surface area contributed by atoms with Crippen LogP contribution < -0.4 is 10.5 Å². The fourth-order valence-electron chi connectivity index (χ4n) is 3.10. The molecule has 0 bridgehead atoms. The van der Waals surface area contributed by atoms with Crippen LogP contribution in [0.3, 0.4) is 0 Å². The number of H-pyrrole nitrogens is 1. The molecule has 4 rings (SSSR count). The molecule has 1 atom stereocenters. The number of nitrogens with one attached hydrogen (secondary N) is 1. The van der Waals surface area contributed by atoms with E-state index in [-0.39, 0.29) is 5.82 Å². The maximum atomic E-state index is 12.9. The quantitative estimate of drug-likeness (QED) is 0.747. The maximum absolute atomic E-state index is 12.9. The molecule has 1 aliphatic rings. The number of halogens is 3. The van der Waals surface area contributed by atoms with Gasteiger partial charge in [0.2, 0.25) is 0 Å². The van der Waals surface area contributed by atoms with Gasteiger partial charge in [-0.2, -0.15) is 13.2 Å². The van der Waals surface area contributed by atoms with E-state index in [0.717, 1.165) is 23.3 Å². The van der Waals surface area contributed by atoms with Gasteiger partial charge in [0, 0.05) is 12.0 Å². The molecule has 1 N–H and O–H groups in total. The molecule has 2 aromatic carbocycles. The Morgan fingerprint density at radius 1 is 1.19 bits per heavy atom. The van der Waals surface area contributed by atoms with Crippen molar-refractivity contribution in [3.05, 3.63) is 69.2 Å². The van der Waals surface area contributed by atoms with Crippen LogP contribution in [0.4, 0.5) is 13.2 Å². The Bertz CT molecular complexity index is 1040. The molecule has 5 nitrogen and oxygen atoms in total. The number of hydrogen-bond acceptors (Lipinski definition) is 4. The van der Waals surface area contributed by atoms with Gasteiger partial charge < -0.3 is 4.74 Å². The molecule has 0 aliphatic carbocycles. The summed E-state index contributed by atoms with van der Waals surface area (Å²) in [5.74, 6) is 0.0722. The summed E-state index contributed by atoms with van der Waals surface area (Å²) in [5, 5.41) is 3.66. The van der Waals surface area contributed by atoms with Crippen LogP contribution in [-0.4, -0.2) is 10.1 Å². The van der Waals surface area contributed by atoms with Gasteiger partial charge in [-0.25, -0.2) is 4.79 Å². The van der Waals surface area contributed by atoms with E-state index < -0.39 is 23.6 Å². The standard InChI is InChI=1S/C18H13F3N2O3/c1-9-4-10(6-12(5-9)16-22-17(24)26-23-16)15-8-11-7-13(18(19,20)21)2-3-14(11)25-15/h2-7,15H,8H2,1H3,(H,22,23,24)/t15-/m0/s1. The van der Waals surface area contributed by atoms with Crippen molar-refractivity contribution < 1.29 is 22.4 Å². The highest BCUT2D eigenvalue weighted by molar-refractivity contribution is 5.57. The zero-order chi connectivity index (χ0) is 18.5. The van der Waals surface area contributed by atoms with E-state index in [4.69, 9.17) is 4.74 Å². The number of aryl methyl sites for hydroxylation is 1. The van der Waals surface area contributed by atoms with Crippen molar-refractivity contribution in [2.45, 2.75) is 25.6 Å². The molecular formula is C18H13F3N2O3. The van der Waals surface area contributed by atoms with Gasteiger partial charge in [-0.3, -0.25) is 9.51 Å². The minimum absolute atomic E-state index is 0.287. The second-order valence-electron chi connectivity index (χ2n) is 6.21. The van der Waals surface area contributed by atoms with E-state index in [1.54, 1.807) is 6.07 Å². The number of aromatic amines is 1. The van der Waals surface area contributed by atoms with Gasteiger partial charge >= 0.3 is 11.9 Å². The van der Waals surface area contributed by atoms with Crippen LogP contribution in [-0.2, 0) is 12.6 Å². The van der Waals surface area contributed by atoms with Crippen molar-refractivity contribution in [2.24, 2.45) is 0 Å². The first-order valence-electron chi connectivity index (χ1n) is 7.84. The number of benzene rings is 2. The highest BCUT2D eigenvalue weighted by atomic mass is 19.4. The summed E-state index contributed by atoms with van der Waals surface area (Å²) in [6, 6.07) is 8.99. The molecule has 0 saturated heterocycles. The minimum atomic E-state index is -4.39. The largest absolute Gasteiger partial charge is 0.485 e. The Balaban J connectivity index is 1.67. The van der Waals surface area contributed by atoms with Gasteiger partial charge in [-0.1, -0.05) is 11.2 Å². The lowest BCUT2D eigenvalue weighted by atomic mass is 9.98. The van der Waals surface area contributed by atoms with Crippen LogP contribution in [0.1, 0.15) is 28.4 Å². The van der Waals surface area contributed by atoms with Gasteiger partial charge in [-0.05, 0) is 53.9 Å². The summed E-state index contributed by atoms with van der Waals surface area (Å²) >= 11 is 0. The Morgan fingerprint density at radius 2 is 2.00 bits per heavy atom. The first-order chi connectivity index (χ1) is 12.3. The predicted molar refractivity (Wildman–Crippen MR) is 85.8 cm³/mol. The third kappa shape index (κ3) is 2.98. The smallest absolute Gasteiger partial charge is 0.439 e. The number of nitrogens with zero attached hydrogens (tertiary/aromatic N) is 1. The molecule has 8 heteroatoms. The molecule has 0 unspecified atom stereocenters. The fraction of sp³-hybridized carbons (Fsp3) is 0.222. The summed E-state index contributed by atoms with van der Waals surface area (Å²) in [4.78, 5) is 13.6. The molecule has 0 amide bonds. The van der Waals surface area contributed by atoms with Crippen LogP contribution in [0.15, 0.2) is 45.7 Å². The van der Waals surface area contributed by atoms with Crippen LogP contribution >= 0.6 is 0 Å². The molecule has 1 aliphatic heterocycles. The van der Waals surface area contributed by atoms with Gasteiger partial charge in [0.1, 0.15) is 11.9 Å². The van der Waals surface area contributed by atoms with Crippen LogP contribution in [0.2, 0.25) is 0 Å². The second kappa shape index (κ2) is 5.76. The molecule has 0 radical (unpaired) electrons. The number of fused-ring (bicyclic) bond motifs is 1. The summed E-state index contributed by atoms with van der Waals surface area (Å²) in [7, 11) is 0. The minimum Gasteiger partial charge on any atom is -0.485 e. The van der Waals surface area contributed by atoms with Crippen LogP contribution in [0.5, 0.6) is 5.75 Å². The van der Waals surface area contributed by atoms with Crippen LogP contribution in [0, 0.1) is 6.92 Å². The monoisotopic (exact) mass is 362 g/mol. The Kier molecular flexibility index (Phi) is 3.64. The maximum Gasteiger partial charge on any atom is 0.439 e. The molecule has 3 aromatic rings. The molecule has 1 aromatic heterocycles. The number of hydrogen-bond donors (Lipinski definition) is 1. The molecular weight excluding hydrogens is 349 g/mol. The van der Waals surface area contributed by atoms with Crippen molar-refractivity contribution in [2.75, 3.05) is 0 Å². The number of rotatable bonds is 2. The van der Waals surface area contributed by atoms with Crippen LogP contribution in [0.25, 0.3) is 11.4 Å². The number of aromatic nitrogens is 2. The second-order valence-corrected chi connectivity index (χ2v) is 6.21. The topological polar surface area (TPSA) is 68.1 Å². The number of ether oxygens (including phenoxy) is 1. The third-order valence-corrected chi connectivity index (χ3v) is 4.25. The third-order valence-electron chi connectivity index (χ3n) is 4.25. The summed E-state index contributed by atoms with van der Waals surface area (Å²) in [6.45, 7) is 1.87. The van der Waals surface area contributed by atoms with Gasteiger partial charge in [-0.15, -0.1) is 0 Å².